The molecule has 0 unspecified atom stereocenters. The zero-order valence-electron chi connectivity index (χ0n) is 16.1. The molecule has 0 aliphatic carbocycles. The van der Waals surface area contributed by atoms with E-state index in [1.807, 2.05) is 30.3 Å². The summed E-state index contributed by atoms with van der Waals surface area (Å²) in [6, 6.07) is 19.1. The zero-order valence-corrected chi connectivity index (χ0v) is 18.5. The maximum Gasteiger partial charge on any atom is 0.271 e. The van der Waals surface area contributed by atoms with Gasteiger partial charge in [-0.15, -0.1) is 0 Å². The molecular weight excluding hydrogens is 486 g/mol. The molecule has 1 amide bonds. The van der Waals surface area contributed by atoms with E-state index < -0.39 is 20.9 Å². The zero-order chi connectivity index (χ0) is 22.4. The molecule has 0 aliphatic heterocycles. The Labute approximate surface area is 187 Å². The fourth-order valence-corrected chi connectivity index (χ4v) is 4.82. The van der Waals surface area contributed by atoms with Crippen LogP contribution in [0, 0.1) is 10.1 Å². The summed E-state index contributed by atoms with van der Waals surface area (Å²) in [5.74, 6) is -0.589. The number of amides is 1. The Morgan fingerprint density at radius 1 is 1.00 bits per heavy atom. The summed E-state index contributed by atoms with van der Waals surface area (Å²) < 4.78 is 28.3. The molecule has 0 heterocycles. The molecule has 0 aliphatic rings. The van der Waals surface area contributed by atoms with Crippen molar-refractivity contribution in [2.75, 3.05) is 11.9 Å². The lowest BCUT2D eigenvalue weighted by Gasteiger charge is -2.11. The van der Waals surface area contributed by atoms with Gasteiger partial charge < -0.3 is 5.32 Å². The molecule has 0 radical (unpaired) electrons. The second-order valence-corrected chi connectivity index (χ2v) is 9.13. The van der Waals surface area contributed by atoms with Crippen molar-refractivity contribution in [3.05, 3.63) is 98.5 Å². The number of carbonyl (C=O) groups excluding carboxylic acids is 1. The van der Waals surface area contributed by atoms with Crippen LogP contribution >= 0.6 is 15.9 Å². The van der Waals surface area contributed by atoms with E-state index in [9.17, 15) is 23.3 Å². The molecule has 0 aromatic heterocycles. The minimum atomic E-state index is -3.87. The monoisotopic (exact) mass is 503 g/mol. The molecule has 0 spiro atoms. The fraction of sp³-hybridized carbons (Fsp3) is 0.0952. The highest BCUT2D eigenvalue weighted by Crippen LogP contribution is 2.24. The Hall–Kier alpha value is -3.08. The van der Waals surface area contributed by atoms with Crippen molar-refractivity contribution in [3.63, 3.8) is 0 Å². The largest absolute Gasteiger partial charge is 0.322 e. The van der Waals surface area contributed by atoms with Gasteiger partial charge in [0, 0.05) is 34.4 Å². The van der Waals surface area contributed by atoms with Crippen LogP contribution in [-0.4, -0.2) is 25.8 Å². The number of hydrogen-bond acceptors (Lipinski definition) is 5. The number of hydrogen-bond donors (Lipinski definition) is 2. The molecule has 0 atom stereocenters. The van der Waals surface area contributed by atoms with Crippen LogP contribution in [0.4, 0.5) is 11.4 Å². The number of rotatable bonds is 8. The van der Waals surface area contributed by atoms with Gasteiger partial charge in [-0.25, -0.2) is 13.1 Å². The van der Waals surface area contributed by atoms with E-state index in [0.29, 0.717) is 10.9 Å². The smallest absolute Gasteiger partial charge is 0.271 e. The molecule has 2 N–H and O–H groups in total. The first-order valence-corrected chi connectivity index (χ1v) is 11.4. The third-order valence-corrected chi connectivity index (χ3v) is 6.80. The summed E-state index contributed by atoms with van der Waals surface area (Å²) >= 11 is 3.22. The van der Waals surface area contributed by atoms with E-state index >= 15 is 0 Å². The lowest BCUT2D eigenvalue weighted by atomic mass is 10.2. The first kappa shape index (κ1) is 22.6. The first-order chi connectivity index (χ1) is 14.8. The van der Waals surface area contributed by atoms with Crippen molar-refractivity contribution < 1.29 is 18.1 Å². The highest BCUT2D eigenvalue weighted by Gasteiger charge is 2.20. The van der Waals surface area contributed by atoms with Gasteiger partial charge >= 0.3 is 0 Å². The fourth-order valence-electron chi connectivity index (χ4n) is 2.80. The second-order valence-electron chi connectivity index (χ2n) is 6.54. The molecule has 8 nitrogen and oxygen atoms in total. The van der Waals surface area contributed by atoms with Crippen molar-refractivity contribution in [2.45, 2.75) is 11.3 Å². The summed E-state index contributed by atoms with van der Waals surface area (Å²) in [4.78, 5) is 22.8. The average molecular weight is 504 g/mol. The van der Waals surface area contributed by atoms with E-state index in [2.05, 4.69) is 26.0 Å². The third-order valence-electron chi connectivity index (χ3n) is 4.35. The second kappa shape index (κ2) is 9.82. The number of carbonyl (C=O) groups is 1. The number of benzene rings is 3. The van der Waals surface area contributed by atoms with Crippen LogP contribution in [0.2, 0.25) is 0 Å². The number of nitro groups is 1. The predicted octanol–water partition coefficient (Wildman–Crippen LogP) is 4.13. The lowest BCUT2D eigenvalue weighted by molar-refractivity contribution is -0.384. The molecule has 31 heavy (non-hydrogen) atoms. The Bertz CT molecular complexity index is 1220. The minimum absolute atomic E-state index is 0.0766. The summed E-state index contributed by atoms with van der Waals surface area (Å²) in [6.07, 6.45) is 0.519. The average Bonchev–Trinajstić information content (AvgIpc) is 2.74. The molecule has 0 saturated heterocycles. The Morgan fingerprint density at radius 2 is 1.74 bits per heavy atom. The Kier molecular flexibility index (Phi) is 7.16. The van der Waals surface area contributed by atoms with E-state index in [1.165, 1.54) is 42.5 Å². The van der Waals surface area contributed by atoms with Gasteiger partial charge in [0.15, 0.2) is 0 Å². The van der Waals surface area contributed by atoms with Crippen LogP contribution < -0.4 is 10.0 Å². The topological polar surface area (TPSA) is 118 Å². The van der Waals surface area contributed by atoms with Gasteiger partial charge in [0.25, 0.3) is 11.6 Å². The summed E-state index contributed by atoms with van der Waals surface area (Å²) in [6.45, 7) is 0.197. The number of sulfonamides is 1. The van der Waals surface area contributed by atoms with Gasteiger partial charge in [0.1, 0.15) is 0 Å². The van der Waals surface area contributed by atoms with Gasteiger partial charge in [-0.1, -0.05) is 36.4 Å². The van der Waals surface area contributed by atoms with Gasteiger partial charge in [-0.05, 0) is 52.2 Å². The van der Waals surface area contributed by atoms with E-state index in [4.69, 9.17) is 0 Å². The molecule has 0 fully saturated rings. The van der Waals surface area contributed by atoms with Crippen LogP contribution in [0.15, 0.2) is 82.2 Å². The molecule has 3 aromatic rings. The molecule has 3 rings (SSSR count). The molecule has 10 heteroatoms. The minimum Gasteiger partial charge on any atom is -0.322 e. The number of halogens is 1. The molecular formula is C21H18BrN3O5S. The Morgan fingerprint density at radius 3 is 2.45 bits per heavy atom. The van der Waals surface area contributed by atoms with Gasteiger partial charge in [0.05, 0.1) is 9.82 Å². The van der Waals surface area contributed by atoms with Gasteiger partial charge in [-0.3, -0.25) is 14.9 Å². The van der Waals surface area contributed by atoms with Crippen LogP contribution in [0.25, 0.3) is 0 Å². The van der Waals surface area contributed by atoms with Gasteiger partial charge in [-0.2, -0.15) is 0 Å². The number of nitro benzene ring substituents is 1. The van der Waals surface area contributed by atoms with Gasteiger partial charge in [0.2, 0.25) is 10.0 Å². The summed E-state index contributed by atoms with van der Waals surface area (Å²) in [5, 5.41) is 13.4. The molecule has 160 valence electrons. The number of nitrogens with one attached hydrogen (secondary N) is 2. The third kappa shape index (κ3) is 5.97. The first-order valence-electron chi connectivity index (χ1n) is 9.15. The van der Waals surface area contributed by atoms with Crippen LogP contribution in [0.5, 0.6) is 0 Å². The Balaban J connectivity index is 1.74. The molecule has 0 bridgehead atoms. The predicted molar refractivity (Wildman–Crippen MR) is 121 cm³/mol. The molecule has 3 aromatic carbocycles. The van der Waals surface area contributed by atoms with E-state index in [-0.39, 0.29) is 28.4 Å². The van der Waals surface area contributed by atoms with Crippen molar-refractivity contribution in [3.8, 4) is 0 Å². The van der Waals surface area contributed by atoms with E-state index in [1.54, 1.807) is 0 Å². The van der Waals surface area contributed by atoms with Crippen molar-refractivity contribution in [1.82, 2.24) is 4.72 Å². The standard InChI is InChI=1S/C21H18BrN3O5S/c22-19-10-9-16(21(26)24-17-7-4-8-18(14-17)25(27)28)13-20(19)31(29,30)23-12-11-15-5-2-1-3-6-15/h1-10,13-14,23H,11-12H2,(H,24,26). The number of nitrogens with zero attached hydrogens (tertiary/aromatic N) is 1. The van der Waals surface area contributed by atoms with Crippen LogP contribution in [-0.2, 0) is 16.4 Å². The van der Waals surface area contributed by atoms with Crippen LogP contribution in [0.1, 0.15) is 15.9 Å². The summed E-state index contributed by atoms with van der Waals surface area (Å²) in [5.41, 5.74) is 1.15. The number of non-ortho nitro benzene ring substituents is 1. The van der Waals surface area contributed by atoms with E-state index in [0.717, 1.165) is 5.56 Å². The van der Waals surface area contributed by atoms with Crippen molar-refractivity contribution in [2.24, 2.45) is 0 Å². The maximum absolute atomic E-state index is 12.7. The SMILES string of the molecule is O=C(Nc1cccc([N+](=O)[O-])c1)c1ccc(Br)c(S(=O)(=O)NCCc2ccccc2)c1. The quantitative estimate of drug-likeness (QED) is 0.353. The van der Waals surface area contributed by atoms with Crippen molar-refractivity contribution >= 4 is 43.2 Å². The normalized spacial score (nSPS) is 11.1. The highest BCUT2D eigenvalue weighted by atomic mass is 79.9. The van der Waals surface area contributed by atoms with Crippen LogP contribution in [0.3, 0.4) is 0 Å². The maximum atomic E-state index is 12.7. The number of anilines is 1. The van der Waals surface area contributed by atoms with Crippen molar-refractivity contribution in [1.29, 1.82) is 0 Å². The highest BCUT2D eigenvalue weighted by molar-refractivity contribution is 9.10. The summed E-state index contributed by atoms with van der Waals surface area (Å²) in [7, 11) is -3.87. The lowest BCUT2D eigenvalue weighted by Crippen LogP contribution is -2.26. The molecule has 0 saturated carbocycles.